The highest BCUT2D eigenvalue weighted by Gasteiger charge is 2.23. The third-order valence-electron chi connectivity index (χ3n) is 6.02. The van der Waals surface area contributed by atoms with Crippen molar-refractivity contribution < 1.29 is 23.6 Å². The van der Waals surface area contributed by atoms with Crippen molar-refractivity contribution >= 4 is 22.4 Å². The number of morpholine rings is 1. The summed E-state index contributed by atoms with van der Waals surface area (Å²) in [6.07, 6.45) is 4.29. The van der Waals surface area contributed by atoms with Crippen LogP contribution in [0.4, 0.5) is 5.69 Å². The van der Waals surface area contributed by atoms with Crippen molar-refractivity contribution in [1.82, 2.24) is 5.32 Å². The highest BCUT2D eigenvalue weighted by molar-refractivity contribution is 6.17. The Bertz CT molecular complexity index is 1130. The van der Waals surface area contributed by atoms with E-state index in [1.807, 2.05) is 0 Å². The summed E-state index contributed by atoms with van der Waals surface area (Å²) in [5, 5.41) is 15.2. The van der Waals surface area contributed by atoms with Crippen LogP contribution in [-0.4, -0.2) is 43.1 Å². The summed E-state index contributed by atoms with van der Waals surface area (Å²) < 4.78 is 17.2. The number of ether oxygens (including phenoxy) is 2. The Labute approximate surface area is 198 Å². The SMILES string of the molecule is CCCCc1oc2ccc([N+](=O)[O-])cc2c1C(=O)c1ccc(OCCCC2COCCN2)cc1. The van der Waals surface area contributed by atoms with Gasteiger partial charge in [0.1, 0.15) is 17.1 Å². The van der Waals surface area contributed by atoms with Gasteiger partial charge in [0.05, 0.1) is 30.3 Å². The van der Waals surface area contributed by atoms with Crippen LogP contribution in [0.1, 0.15) is 54.3 Å². The number of nitrogens with zero attached hydrogens (tertiary/aromatic N) is 1. The van der Waals surface area contributed by atoms with E-state index < -0.39 is 4.92 Å². The zero-order valence-electron chi connectivity index (χ0n) is 19.4. The van der Waals surface area contributed by atoms with E-state index >= 15 is 0 Å². The number of benzene rings is 2. The van der Waals surface area contributed by atoms with Gasteiger partial charge in [0.2, 0.25) is 0 Å². The van der Waals surface area contributed by atoms with Crippen molar-refractivity contribution in [3.05, 3.63) is 69.5 Å². The molecule has 1 aromatic heterocycles. The maximum absolute atomic E-state index is 13.4. The molecular weight excluding hydrogens is 436 g/mol. The fourth-order valence-electron chi connectivity index (χ4n) is 4.18. The summed E-state index contributed by atoms with van der Waals surface area (Å²) in [6.45, 7) is 5.04. The smallest absolute Gasteiger partial charge is 0.270 e. The molecule has 1 atom stereocenters. The van der Waals surface area contributed by atoms with Gasteiger partial charge in [0.15, 0.2) is 5.78 Å². The van der Waals surface area contributed by atoms with Gasteiger partial charge in [-0.3, -0.25) is 14.9 Å². The normalized spacial score (nSPS) is 16.0. The van der Waals surface area contributed by atoms with E-state index in [-0.39, 0.29) is 11.5 Å². The Hall–Kier alpha value is -3.23. The molecule has 1 unspecified atom stereocenters. The van der Waals surface area contributed by atoms with E-state index in [2.05, 4.69) is 12.2 Å². The molecule has 1 aliphatic heterocycles. The summed E-state index contributed by atoms with van der Waals surface area (Å²) in [7, 11) is 0. The molecule has 8 heteroatoms. The number of nitrogens with one attached hydrogen (secondary N) is 1. The van der Waals surface area contributed by atoms with Crippen LogP contribution >= 0.6 is 0 Å². The van der Waals surface area contributed by atoms with Crippen LogP contribution in [0.2, 0.25) is 0 Å². The number of carbonyl (C=O) groups excluding carboxylic acids is 1. The van der Waals surface area contributed by atoms with Crippen molar-refractivity contribution in [3.63, 3.8) is 0 Å². The first-order chi connectivity index (χ1) is 16.6. The molecule has 4 rings (SSSR count). The fraction of sp³-hybridized carbons (Fsp3) is 0.423. The highest BCUT2D eigenvalue weighted by Crippen LogP contribution is 2.32. The third-order valence-corrected chi connectivity index (χ3v) is 6.02. The Balaban J connectivity index is 1.47. The molecule has 34 heavy (non-hydrogen) atoms. The molecule has 1 fully saturated rings. The van der Waals surface area contributed by atoms with Gasteiger partial charge in [0, 0.05) is 42.1 Å². The maximum atomic E-state index is 13.4. The molecule has 0 bridgehead atoms. The molecule has 2 heterocycles. The number of ketones is 1. The van der Waals surface area contributed by atoms with Gasteiger partial charge in [-0.25, -0.2) is 0 Å². The van der Waals surface area contributed by atoms with Crippen molar-refractivity contribution in [2.75, 3.05) is 26.4 Å². The van der Waals surface area contributed by atoms with Gasteiger partial charge in [-0.15, -0.1) is 0 Å². The van der Waals surface area contributed by atoms with Crippen LogP contribution in [0.5, 0.6) is 5.75 Å². The Morgan fingerprint density at radius 3 is 2.74 bits per heavy atom. The molecule has 8 nitrogen and oxygen atoms in total. The zero-order chi connectivity index (χ0) is 23.9. The van der Waals surface area contributed by atoms with E-state index in [1.165, 1.54) is 12.1 Å². The van der Waals surface area contributed by atoms with Crippen molar-refractivity contribution in [3.8, 4) is 5.75 Å². The molecule has 0 aliphatic carbocycles. The minimum atomic E-state index is -0.462. The number of furan rings is 1. The lowest BCUT2D eigenvalue weighted by Gasteiger charge is -2.23. The Morgan fingerprint density at radius 1 is 1.21 bits per heavy atom. The van der Waals surface area contributed by atoms with Gasteiger partial charge >= 0.3 is 0 Å². The third kappa shape index (κ3) is 5.63. The number of fused-ring (bicyclic) bond motifs is 1. The van der Waals surface area contributed by atoms with E-state index in [1.54, 1.807) is 30.3 Å². The van der Waals surface area contributed by atoms with E-state index in [0.29, 0.717) is 52.7 Å². The molecule has 0 radical (unpaired) electrons. The number of hydrogen-bond donors (Lipinski definition) is 1. The zero-order valence-corrected chi connectivity index (χ0v) is 19.4. The molecule has 0 saturated carbocycles. The van der Waals surface area contributed by atoms with Crippen LogP contribution in [0.15, 0.2) is 46.9 Å². The van der Waals surface area contributed by atoms with E-state index in [4.69, 9.17) is 13.9 Å². The fourth-order valence-corrected chi connectivity index (χ4v) is 4.18. The van der Waals surface area contributed by atoms with Crippen LogP contribution in [0, 0.1) is 10.1 Å². The maximum Gasteiger partial charge on any atom is 0.270 e. The highest BCUT2D eigenvalue weighted by atomic mass is 16.6. The average Bonchev–Trinajstić information content (AvgIpc) is 3.23. The van der Waals surface area contributed by atoms with Crippen LogP contribution < -0.4 is 10.1 Å². The Morgan fingerprint density at radius 2 is 2.03 bits per heavy atom. The molecule has 180 valence electrons. The second kappa shape index (κ2) is 11.3. The second-order valence-electron chi connectivity index (χ2n) is 8.51. The molecule has 0 spiro atoms. The van der Waals surface area contributed by atoms with Gasteiger partial charge in [-0.05, 0) is 49.6 Å². The van der Waals surface area contributed by atoms with Crippen molar-refractivity contribution in [2.45, 2.75) is 45.1 Å². The minimum absolute atomic E-state index is 0.0665. The largest absolute Gasteiger partial charge is 0.494 e. The molecule has 2 aromatic carbocycles. The summed E-state index contributed by atoms with van der Waals surface area (Å²) in [5.41, 5.74) is 1.31. The lowest BCUT2D eigenvalue weighted by Crippen LogP contribution is -2.41. The standard InChI is InChI=1S/C26H30N2O6/c1-2-3-6-24-25(22-16-20(28(30)31)9-12-23(22)34-24)26(29)18-7-10-21(11-8-18)33-14-4-5-19-17-32-15-13-27-19/h7-12,16,19,27H,2-6,13-15,17H2,1H3. The van der Waals surface area contributed by atoms with Crippen molar-refractivity contribution in [1.29, 1.82) is 0 Å². The lowest BCUT2D eigenvalue weighted by atomic mass is 9.98. The monoisotopic (exact) mass is 466 g/mol. The predicted octanol–water partition coefficient (Wildman–Crippen LogP) is 5.06. The first-order valence-corrected chi connectivity index (χ1v) is 11.9. The number of rotatable bonds is 11. The lowest BCUT2D eigenvalue weighted by molar-refractivity contribution is -0.384. The summed E-state index contributed by atoms with van der Waals surface area (Å²) in [5.74, 6) is 1.06. The van der Waals surface area contributed by atoms with Gasteiger partial charge in [0.25, 0.3) is 5.69 Å². The quantitative estimate of drug-likeness (QED) is 0.182. The van der Waals surface area contributed by atoms with Crippen molar-refractivity contribution in [2.24, 2.45) is 0 Å². The first kappa shape index (κ1) is 23.9. The summed E-state index contributed by atoms with van der Waals surface area (Å²) in [6, 6.07) is 11.8. The number of carbonyl (C=O) groups is 1. The molecule has 0 amide bonds. The molecule has 1 N–H and O–H groups in total. The predicted molar refractivity (Wildman–Crippen MR) is 129 cm³/mol. The summed E-state index contributed by atoms with van der Waals surface area (Å²) >= 11 is 0. The second-order valence-corrected chi connectivity index (χ2v) is 8.51. The van der Waals surface area contributed by atoms with E-state index in [9.17, 15) is 14.9 Å². The minimum Gasteiger partial charge on any atom is -0.494 e. The molecule has 1 saturated heterocycles. The average molecular weight is 467 g/mol. The number of non-ortho nitro benzene ring substituents is 1. The number of nitro groups is 1. The molecule has 3 aromatic rings. The molecular formula is C26H30N2O6. The van der Waals surface area contributed by atoms with Crippen LogP contribution in [0.3, 0.4) is 0 Å². The number of unbranched alkanes of at least 4 members (excludes halogenated alkanes) is 1. The van der Waals surface area contributed by atoms with E-state index in [0.717, 1.165) is 45.4 Å². The first-order valence-electron chi connectivity index (χ1n) is 11.9. The number of hydrogen-bond acceptors (Lipinski definition) is 7. The Kier molecular flexibility index (Phi) is 7.92. The van der Waals surface area contributed by atoms with Gasteiger partial charge in [-0.2, -0.15) is 0 Å². The topological polar surface area (TPSA) is 104 Å². The van der Waals surface area contributed by atoms with Crippen LogP contribution in [0.25, 0.3) is 11.0 Å². The summed E-state index contributed by atoms with van der Waals surface area (Å²) in [4.78, 5) is 24.3. The van der Waals surface area contributed by atoms with Gasteiger partial charge < -0.3 is 19.2 Å². The number of aryl methyl sites for hydroxylation is 1. The van der Waals surface area contributed by atoms with Crippen LogP contribution in [-0.2, 0) is 11.2 Å². The number of nitro benzene ring substituents is 1. The molecule has 1 aliphatic rings. The van der Waals surface area contributed by atoms with Gasteiger partial charge in [-0.1, -0.05) is 13.3 Å².